The van der Waals surface area contributed by atoms with Crippen molar-refractivity contribution < 1.29 is 0 Å². The highest BCUT2D eigenvalue weighted by Crippen LogP contribution is 1.87. The largest absolute Gasteiger partial charge is 0.372 e. The molecular formula is C16H28N2. The van der Waals surface area contributed by atoms with Gasteiger partial charge in [0.05, 0.1) is 5.82 Å². The van der Waals surface area contributed by atoms with Crippen LogP contribution in [0, 0.1) is 0 Å². The molecule has 0 bridgehead atoms. The second-order valence-corrected chi connectivity index (χ2v) is 4.19. The Morgan fingerprint density at radius 3 is 1.39 bits per heavy atom. The van der Waals surface area contributed by atoms with Gasteiger partial charge in [0, 0.05) is 13.1 Å². The molecule has 0 aliphatic carbocycles. The van der Waals surface area contributed by atoms with Crippen molar-refractivity contribution in [3.8, 4) is 0 Å². The zero-order valence-corrected chi connectivity index (χ0v) is 11.9. The highest BCUT2D eigenvalue weighted by Gasteiger charge is 1.89. The van der Waals surface area contributed by atoms with Gasteiger partial charge in [0.25, 0.3) is 0 Å². The number of nitrogens with one attached hydrogen (secondary N) is 2. The molecule has 1 aromatic rings. The molecule has 1 rings (SSSR count). The summed E-state index contributed by atoms with van der Waals surface area (Å²) in [6.45, 7) is 10.3. The molecule has 102 valence electrons. The van der Waals surface area contributed by atoms with Crippen molar-refractivity contribution in [1.29, 1.82) is 0 Å². The standard InChI is InChI=1S/C10H22N2.C6H6/c1-4-6-8-11-10(3)12-9-7-5-2;1-2-4-6-5-3-1/h11-12H,3-9H2,1-2H3;1-6H. The van der Waals surface area contributed by atoms with Gasteiger partial charge in [0.1, 0.15) is 0 Å². The molecule has 0 aliphatic heterocycles. The quantitative estimate of drug-likeness (QED) is 0.681. The Bertz CT molecular complexity index is 231. The smallest absolute Gasteiger partial charge is 0.0912 e. The maximum atomic E-state index is 3.88. The number of hydrogen-bond donors (Lipinski definition) is 2. The Balaban J connectivity index is 0.000000397. The average molecular weight is 248 g/mol. The lowest BCUT2D eigenvalue weighted by Crippen LogP contribution is -2.26. The van der Waals surface area contributed by atoms with E-state index in [1.54, 1.807) is 0 Å². The predicted molar refractivity (Wildman–Crippen MR) is 81.4 cm³/mol. The molecule has 1 aromatic carbocycles. The summed E-state index contributed by atoms with van der Waals surface area (Å²) in [5.41, 5.74) is 0. The first-order chi connectivity index (χ1) is 8.81. The van der Waals surface area contributed by atoms with Gasteiger partial charge in [-0.1, -0.05) is 69.7 Å². The zero-order valence-electron chi connectivity index (χ0n) is 11.9. The van der Waals surface area contributed by atoms with Crippen molar-refractivity contribution >= 4 is 0 Å². The van der Waals surface area contributed by atoms with E-state index < -0.39 is 0 Å². The maximum Gasteiger partial charge on any atom is 0.0912 e. The number of hydrogen-bond acceptors (Lipinski definition) is 2. The maximum absolute atomic E-state index is 3.88. The van der Waals surface area contributed by atoms with Gasteiger partial charge in [0.15, 0.2) is 0 Å². The van der Waals surface area contributed by atoms with Crippen LogP contribution in [-0.4, -0.2) is 13.1 Å². The monoisotopic (exact) mass is 248 g/mol. The van der Waals surface area contributed by atoms with Crippen LogP contribution in [0.5, 0.6) is 0 Å². The summed E-state index contributed by atoms with van der Waals surface area (Å²) < 4.78 is 0. The highest BCUT2D eigenvalue weighted by atomic mass is 15.1. The minimum Gasteiger partial charge on any atom is -0.372 e. The molecule has 2 N–H and O–H groups in total. The lowest BCUT2D eigenvalue weighted by atomic mass is 10.3. The Kier molecular flexibility index (Phi) is 12.5. The lowest BCUT2D eigenvalue weighted by molar-refractivity contribution is 0.629. The zero-order chi connectivity index (χ0) is 13.5. The van der Waals surface area contributed by atoms with Crippen molar-refractivity contribution in [3.63, 3.8) is 0 Å². The van der Waals surface area contributed by atoms with Gasteiger partial charge in [0.2, 0.25) is 0 Å². The summed E-state index contributed by atoms with van der Waals surface area (Å²) in [6, 6.07) is 12.0. The van der Waals surface area contributed by atoms with E-state index in [1.807, 2.05) is 36.4 Å². The minimum absolute atomic E-state index is 0.969. The molecule has 0 saturated heterocycles. The molecule has 0 heterocycles. The first-order valence-electron chi connectivity index (χ1n) is 6.97. The van der Waals surface area contributed by atoms with Gasteiger partial charge >= 0.3 is 0 Å². The van der Waals surface area contributed by atoms with Crippen LogP contribution < -0.4 is 10.6 Å². The van der Waals surface area contributed by atoms with E-state index in [0.29, 0.717) is 0 Å². The van der Waals surface area contributed by atoms with Crippen LogP contribution in [0.3, 0.4) is 0 Å². The fourth-order valence-electron chi connectivity index (χ4n) is 1.28. The predicted octanol–water partition coefficient (Wildman–Crippen LogP) is 3.92. The minimum atomic E-state index is 0.969. The molecule has 0 saturated carbocycles. The summed E-state index contributed by atoms with van der Waals surface area (Å²) in [4.78, 5) is 0. The molecule has 0 unspecified atom stereocenters. The Morgan fingerprint density at radius 1 is 0.778 bits per heavy atom. The Labute approximate surface area is 112 Å². The first-order valence-corrected chi connectivity index (χ1v) is 6.97. The van der Waals surface area contributed by atoms with E-state index in [2.05, 4.69) is 31.1 Å². The number of benzene rings is 1. The van der Waals surface area contributed by atoms with Crippen LogP contribution in [0.4, 0.5) is 0 Å². The molecule has 2 nitrogen and oxygen atoms in total. The van der Waals surface area contributed by atoms with Crippen LogP contribution >= 0.6 is 0 Å². The normalized spacial score (nSPS) is 9.00. The summed E-state index contributed by atoms with van der Waals surface area (Å²) >= 11 is 0. The van der Waals surface area contributed by atoms with Crippen molar-refractivity contribution in [2.24, 2.45) is 0 Å². The van der Waals surface area contributed by atoms with Gasteiger partial charge in [-0.3, -0.25) is 0 Å². The van der Waals surface area contributed by atoms with Crippen molar-refractivity contribution in [2.45, 2.75) is 39.5 Å². The third-order valence-electron chi connectivity index (χ3n) is 2.40. The molecule has 0 fully saturated rings. The third kappa shape index (κ3) is 12.6. The Hall–Kier alpha value is -1.44. The van der Waals surface area contributed by atoms with Gasteiger partial charge in [-0.05, 0) is 12.8 Å². The van der Waals surface area contributed by atoms with Crippen LogP contribution in [-0.2, 0) is 0 Å². The Morgan fingerprint density at radius 2 is 1.11 bits per heavy atom. The average Bonchev–Trinajstić information content (AvgIpc) is 2.42. The molecule has 0 spiro atoms. The second kappa shape index (κ2) is 13.6. The molecule has 18 heavy (non-hydrogen) atoms. The second-order valence-electron chi connectivity index (χ2n) is 4.19. The SMILES string of the molecule is C=C(NCCCC)NCCCC.c1ccccc1. The van der Waals surface area contributed by atoms with Crippen molar-refractivity contribution in [3.05, 3.63) is 48.8 Å². The lowest BCUT2D eigenvalue weighted by Gasteiger charge is -2.10. The molecule has 0 amide bonds. The van der Waals surface area contributed by atoms with E-state index in [0.717, 1.165) is 18.9 Å². The van der Waals surface area contributed by atoms with E-state index in [9.17, 15) is 0 Å². The van der Waals surface area contributed by atoms with Crippen LogP contribution in [0.25, 0.3) is 0 Å². The molecule has 2 heteroatoms. The van der Waals surface area contributed by atoms with Crippen molar-refractivity contribution in [1.82, 2.24) is 10.6 Å². The number of rotatable bonds is 8. The third-order valence-corrected chi connectivity index (χ3v) is 2.40. The topological polar surface area (TPSA) is 24.1 Å². The molecule has 0 aliphatic rings. The van der Waals surface area contributed by atoms with Gasteiger partial charge < -0.3 is 10.6 Å². The highest BCUT2D eigenvalue weighted by molar-refractivity contribution is 4.99. The van der Waals surface area contributed by atoms with Crippen molar-refractivity contribution in [2.75, 3.05) is 13.1 Å². The van der Waals surface area contributed by atoms with Crippen LogP contribution in [0.1, 0.15) is 39.5 Å². The fraction of sp³-hybridized carbons (Fsp3) is 0.500. The van der Waals surface area contributed by atoms with Crippen LogP contribution in [0.2, 0.25) is 0 Å². The summed E-state index contributed by atoms with van der Waals surface area (Å²) in [7, 11) is 0. The summed E-state index contributed by atoms with van der Waals surface area (Å²) in [6.07, 6.45) is 4.90. The van der Waals surface area contributed by atoms with E-state index in [4.69, 9.17) is 0 Å². The van der Waals surface area contributed by atoms with E-state index in [-0.39, 0.29) is 0 Å². The van der Waals surface area contributed by atoms with Crippen LogP contribution in [0.15, 0.2) is 48.8 Å². The van der Waals surface area contributed by atoms with Gasteiger partial charge in [-0.15, -0.1) is 0 Å². The first kappa shape index (κ1) is 16.6. The van der Waals surface area contributed by atoms with Gasteiger partial charge in [-0.25, -0.2) is 0 Å². The van der Waals surface area contributed by atoms with E-state index >= 15 is 0 Å². The fourth-order valence-corrected chi connectivity index (χ4v) is 1.28. The van der Waals surface area contributed by atoms with E-state index in [1.165, 1.54) is 25.7 Å². The molecular weight excluding hydrogens is 220 g/mol. The summed E-state index contributed by atoms with van der Waals surface area (Å²) in [5.74, 6) is 0.969. The molecule has 0 radical (unpaired) electrons. The molecule has 0 atom stereocenters. The summed E-state index contributed by atoms with van der Waals surface area (Å²) in [5, 5.41) is 6.47. The van der Waals surface area contributed by atoms with Gasteiger partial charge in [-0.2, -0.15) is 0 Å². The number of unbranched alkanes of at least 4 members (excludes halogenated alkanes) is 2. The molecule has 0 aromatic heterocycles.